The highest BCUT2D eigenvalue weighted by atomic mass is 28.5. The number of hydrogen-bond donors (Lipinski definition) is 0. The van der Waals surface area contributed by atoms with Crippen molar-refractivity contribution < 1.29 is 13.0 Å². The van der Waals surface area contributed by atoms with Gasteiger partial charge in [0.25, 0.3) is 0 Å². The molecule has 0 aromatic rings. The minimum absolute atomic E-state index is 0.600. The van der Waals surface area contributed by atoms with E-state index in [0.717, 1.165) is 26.1 Å². The van der Waals surface area contributed by atoms with Crippen LogP contribution < -0.4 is 0 Å². The van der Waals surface area contributed by atoms with E-state index in [-0.39, 0.29) is 0 Å². The van der Waals surface area contributed by atoms with Crippen molar-refractivity contribution in [3.8, 4) is 0 Å². The summed E-state index contributed by atoms with van der Waals surface area (Å²) in [6, 6.07) is 0. The quantitative estimate of drug-likeness (QED) is 0.176. The lowest BCUT2D eigenvalue weighted by Gasteiger charge is -2.33. The molecule has 0 fully saturated rings. The predicted octanol–water partition coefficient (Wildman–Crippen LogP) is 7.41. The first-order valence-corrected chi connectivity index (χ1v) is 16.8. The van der Waals surface area contributed by atoms with Gasteiger partial charge in [-0.2, -0.15) is 0 Å². The molecule has 0 heterocycles. The minimum atomic E-state index is -2.08. The lowest BCUT2D eigenvalue weighted by molar-refractivity contribution is 0.174. The molecule has 0 aromatic carbocycles. The van der Waals surface area contributed by atoms with Crippen molar-refractivity contribution in [3.05, 3.63) is 0 Å². The van der Waals surface area contributed by atoms with Gasteiger partial charge in [-0.15, -0.1) is 0 Å². The molecule has 1 atom stereocenters. The Labute approximate surface area is 167 Å². The Morgan fingerprint density at radius 1 is 0.654 bits per heavy atom. The summed E-state index contributed by atoms with van der Waals surface area (Å²) < 4.78 is 18.6. The van der Waals surface area contributed by atoms with Gasteiger partial charge >= 0.3 is 17.1 Å². The smallest absolute Gasteiger partial charge is 0.322 e. The molecule has 5 heteroatoms. The first-order chi connectivity index (χ1) is 12.2. The molecule has 0 saturated carbocycles. The molecule has 0 spiro atoms. The summed E-state index contributed by atoms with van der Waals surface area (Å²) in [6.45, 7) is 17.0. The number of rotatable bonds is 18. The zero-order chi connectivity index (χ0) is 19.9. The highest BCUT2D eigenvalue weighted by molar-refractivity contribution is 6.78. The van der Waals surface area contributed by atoms with E-state index in [1.807, 2.05) is 0 Å². The Kier molecular flexibility index (Phi) is 15.4. The predicted molar refractivity (Wildman–Crippen MR) is 119 cm³/mol. The molecule has 0 rings (SSSR count). The number of unbranched alkanes of at least 4 members (excludes halogenated alkanes) is 9. The summed E-state index contributed by atoms with van der Waals surface area (Å²) in [5.41, 5.74) is 0. The molecule has 0 aliphatic heterocycles. The fraction of sp³-hybridized carbons (Fsp3) is 1.00. The zero-order valence-electron chi connectivity index (χ0n) is 19.0. The summed E-state index contributed by atoms with van der Waals surface area (Å²) in [5, 5.41) is 0. The van der Waals surface area contributed by atoms with Crippen LogP contribution in [0, 0.1) is 5.92 Å². The second-order valence-electron chi connectivity index (χ2n) is 8.76. The second kappa shape index (κ2) is 15.3. The average Bonchev–Trinajstić information content (AvgIpc) is 2.56. The fourth-order valence-corrected chi connectivity index (χ4v) is 9.55. The van der Waals surface area contributed by atoms with E-state index >= 15 is 0 Å². The monoisotopic (exact) mass is 404 g/mol. The van der Waals surface area contributed by atoms with Crippen LogP contribution in [0.15, 0.2) is 0 Å². The zero-order valence-corrected chi connectivity index (χ0v) is 21.0. The van der Waals surface area contributed by atoms with E-state index < -0.39 is 17.1 Å². The third kappa shape index (κ3) is 16.5. The standard InChI is InChI=1S/C21H48O3Si2/c1-8-10-11-12-13-14-15-16-17-18-19-22-25(4,5)24-26(6,7)23-20-21(3)9-2/h21H,8-20H2,1-7H3. The maximum Gasteiger partial charge on any atom is 0.322 e. The summed E-state index contributed by atoms with van der Waals surface area (Å²) >= 11 is 0. The Bertz CT molecular complexity index is 322. The molecule has 0 saturated heterocycles. The third-order valence-electron chi connectivity index (χ3n) is 4.85. The van der Waals surface area contributed by atoms with Crippen LogP contribution in [0.5, 0.6) is 0 Å². The highest BCUT2D eigenvalue weighted by Crippen LogP contribution is 2.19. The van der Waals surface area contributed by atoms with Crippen LogP contribution in [0.1, 0.15) is 91.4 Å². The van der Waals surface area contributed by atoms with E-state index in [0.29, 0.717) is 5.92 Å². The average molecular weight is 405 g/mol. The molecule has 0 N–H and O–H groups in total. The summed E-state index contributed by atoms with van der Waals surface area (Å²) in [6.07, 6.45) is 14.7. The van der Waals surface area contributed by atoms with E-state index in [2.05, 4.69) is 47.0 Å². The van der Waals surface area contributed by atoms with Gasteiger partial charge in [0.05, 0.1) is 0 Å². The normalized spacial score (nSPS) is 14.0. The van der Waals surface area contributed by atoms with Crippen LogP contribution in [-0.2, 0) is 13.0 Å². The van der Waals surface area contributed by atoms with E-state index in [9.17, 15) is 0 Å². The topological polar surface area (TPSA) is 27.7 Å². The summed E-state index contributed by atoms with van der Waals surface area (Å²) in [4.78, 5) is 0. The lowest BCUT2D eigenvalue weighted by Crippen LogP contribution is -2.49. The summed E-state index contributed by atoms with van der Waals surface area (Å²) in [7, 11) is -4.16. The maximum absolute atomic E-state index is 6.35. The summed E-state index contributed by atoms with van der Waals surface area (Å²) in [5.74, 6) is 0.600. The molecular weight excluding hydrogens is 356 g/mol. The SMILES string of the molecule is CCCCCCCCCCCCO[Si](C)(C)O[Si](C)(C)OCC(C)CC. The third-order valence-corrected chi connectivity index (χ3v) is 10.5. The van der Waals surface area contributed by atoms with Gasteiger partial charge in [-0.05, 0) is 38.5 Å². The Morgan fingerprint density at radius 3 is 1.62 bits per heavy atom. The van der Waals surface area contributed by atoms with E-state index in [4.69, 9.17) is 13.0 Å². The Balaban J connectivity index is 3.70. The van der Waals surface area contributed by atoms with Crippen molar-refractivity contribution in [2.45, 2.75) is 118 Å². The van der Waals surface area contributed by atoms with Gasteiger partial charge in [-0.3, -0.25) is 0 Å². The van der Waals surface area contributed by atoms with Crippen molar-refractivity contribution in [3.63, 3.8) is 0 Å². The van der Waals surface area contributed by atoms with E-state index in [1.54, 1.807) is 0 Å². The molecule has 3 nitrogen and oxygen atoms in total. The molecule has 0 bridgehead atoms. The molecule has 158 valence electrons. The van der Waals surface area contributed by atoms with Gasteiger partial charge in [-0.25, -0.2) is 0 Å². The Morgan fingerprint density at radius 2 is 1.12 bits per heavy atom. The van der Waals surface area contributed by atoms with Crippen LogP contribution in [-0.4, -0.2) is 30.3 Å². The van der Waals surface area contributed by atoms with Crippen LogP contribution in [0.25, 0.3) is 0 Å². The van der Waals surface area contributed by atoms with Gasteiger partial charge in [-0.1, -0.05) is 85.0 Å². The molecule has 0 aromatic heterocycles. The molecular formula is C21H48O3Si2. The van der Waals surface area contributed by atoms with Crippen molar-refractivity contribution in [2.24, 2.45) is 5.92 Å². The maximum atomic E-state index is 6.35. The van der Waals surface area contributed by atoms with Crippen LogP contribution in [0.3, 0.4) is 0 Å². The van der Waals surface area contributed by atoms with Gasteiger partial charge in [0, 0.05) is 13.2 Å². The lowest BCUT2D eigenvalue weighted by atomic mass is 10.1. The van der Waals surface area contributed by atoms with Gasteiger partial charge in [0.2, 0.25) is 0 Å². The first-order valence-electron chi connectivity index (χ1n) is 11.2. The van der Waals surface area contributed by atoms with Gasteiger partial charge in [0.15, 0.2) is 0 Å². The van der Waals surface area contributed by atoms with Crippen LogP contribution in [0.4, 0.5) is 0 Å². The molecule has 0 radical (unpaired) electrons. The van der Waals surface area contributed by atoms with Crippen LogP contribution >= 0.6 is 0 Å². The molecule has 0 aliphatic carbocycles. The Hall–Kier alpha value is 0.314. The number of hydrogen-bond acceptors (Lipinski definition) is 3. The molecule has 0 aliphatic rings. The second-order valence-corrected chi connectivity index (χ2v) is 15.7. The van der Waals surface area contributed by atoms with Gasteiger partial charge in [0.1, 0.15) is 0 Å². The first kappa shape index (κ1) is 26.3. The molecule has 26 heavy (non-hydrogen) atoms. The minimum Gasteiger partial charge on any atom is -0.415 e. The van der Waals surface area contributed by atoms with E-state index in [1.165, 1.54) is 57.8 Å². The van der Waals surface area contributed by atoms with Gasteiger partial charge < -0.3 is 13.0 Å². The van der Waals surface area contributed by atoms with Crippen LogP contribution in [0.2, 0.25) is 26.2 Å². The highest BCUT2D eigenvalue weighted by Gasteiger charge is 2.36. The van der Waals surface area contributed by atoms with Crippen molar-refractivity contribution in [2.75, 3.05) is 13.2 Å². The van der Waals surface area contributed by atoms with Crippen molar-refractivity contribution in [1.82, 2.24) is 0 Å². The molecule has 1 unspecified atom stereocenters. The molecule has 0 amide bonds. The van der Waals surface area contributed by atoms with Crippen molar-refractivity contribution in [1.29, 1.82) is 0 Å². The van der Waals surface area contributed by atoms with Crippen molar-refractivity contribution >= 4 is 17.1 Å². The fourth-order valence-electron chi connectivity index (χ4n) is 3.02. The largest absolute Gasteiger partial charge is 0.415 e.